The van der Waals surface area contributed by atoms with Crippen LogP contribution in [-0.4, -0.2) is 35.9 Å². The number of allylic oxidation sites excluding steroid dienone is 2. The molecular weight excluding hydrogens is 421 g/mol. The molecule has 1 saturated carbocycles. The molecule has 33 heavy (non-hydrogen) atoms. The van der Waals surface area contributed by atoms with Crippen LogP contribution in [0.25, 0.3) is 5.57 Å². The second-order valence-electron chi connectivity index (χ2n) is 9.88. The van der Waals surface area contributed by atoms with Crippen LogP contribution in [0.15, 0.2) is 42.7 Å². The van der Waals surface area contributed by atoms with E-state index in [2.05, 4.69) is 24.1 Å². The van der Waals surface area contributed by atoms with E-state index in [4.69, 9.17) is 9.47 Å². The fourth-order valence-corrected chi connectivity index (χ4v) is 6.68. The molecule has 3 aliphatic carbocycles. The molecule has 0 bridgehead atoms. The number of hydrogen-bond acceptors (Lipinski definition) is 4. The lowest BCUT2D eigenvalue weighted by atomic mass is 9.54. The van der Waals surface area contributed by atoms with Gasteiger partial charge in [0.2, 0.25) is 6.10 Å². The predicted molar refractivity (Wildman–Crippen MR) is 123 cm³/mol. The molecule has 0 radical (unpaired) electrons. The molecule has 2 aromatic rings. The van der Waals surface area contributed by atoms with Crippen LogP contribution in [0.3, 0.4) is 0 Å². The van der Waals surface area contributed by atoms with Crippen molar-refractivity contribution in [2.45, 2.75) is 51.0 Å². The van der Waals surface area contributed by atoms with Gasteiger partial charge in [0.15, 0.2) is 0 Å². The molecule has 5 rings (SSSR count). The Labute approximate surface area is 193 Å². The number of carboxylic acid groups (broad SMARTS) is 1. The standard InChI is InChI=1S/C27H30FNO4/c1-27-10-9-21-20-6-4-19(33-25(15-32-2)26(30)31)12-16(20)3-5-22(21)24(27)8-7-23(27)17-11-18(28)14-29-13-17/h4,6-7,11-14,21-22,24-25H,3,5,8-10,15H2,1-2H3,(H,30,31)/t21?,22?,24?,25?,27-/m1/s1. The quantitative estimate of drug-likeness (QED) is 0.650. The number of aromatic nitrogens is 1. The maximum absolute atomic E-state index is 13.9. The van der Waals surface area contributed by atoms with Crippen molar-refractivity contribution in [3.05, 3.63) is 65.2 Å². The molecular formula is C27H30FNO4. The highest BCUT2D eigenvalue weighted by molar-refractivity contribution is 5.73. The third-order valence-corrected chi connectivity index (χ3v) is 8.17. The van der Waals surface area contributed by atoms with Crippen LogP contribution in [-0.2, 0) is 16.0 Å². The molecule has 4 unspecified atom stereocenters. The van der Waals surface area contributed by atoms with Gasteiger partial charge in [-0.25, -0.2) is 9.18 Å². The number of ether oxygens (including phenoxy) is 2. The largest absolute Gasteiger partial charge is 0.478 e. The second kappa shape index (κ2) is 8.56. The first kappa shape index (κ1) is 22.1. The second-order valence-corrected chi connectivity index (χ2v) is 9.88. The molecule has 1 N–H and O–H groups in total. The third-order valence-electron chi connectivity index (χ3n) is 8.17. The third kappa shape index (κ3) is 3.84. The molecule has 6 heteroatoms. The summed E-state index contributed by atoms with van der Waals surface area (Å²) in [5, 5.41) is 9.35. The van der Waals surface area contributed by atoms with Crippen LogP contribution in [0, 0.1) is 23.1 Å². The maximum Gasteiger partial charge on any atom is 0.347 e. The van der Waals surface area contributed by atoms with Gasteiger partial charge < -0.3 is 14.6 Å². The Morgan fingerprint density at radius 2 is 2.15 bits per heavy atom. The van der Waals surface area contributed by atoms with E-state index in [1.807, 2.05) is 12.1 Å². The molecule has 5 nitrogen and oxygen atoms in total. The highest BCUT2D eigenvalue weighted by atomic mass is 19.1. The summed E-state index contributed by atoms with van der Waals surface area (Å²) in [5.41, 5.74) is 4.86. The summed E-state index contributed by atoms with van der Waals surface area (Å²) in [6.07, 6.45) is 9.60. The first-order valence-corrected chi connectivity index (χ1v) is 11.7. The van der Waals surface area contributed by atoms with Crippen molar-refractivity contribution >= 4 is 11.5 Å². The summed E-state index contributed by atoms with van der Waals surface area (Å²) in [4.78, 5) is 15.5. The normalized spacial score (nSPS) is 28.8. The number of fused-ring (bicyclic) bond motifs is 5. The molecule has 1 aromatic heterocycles. The summed E-state index contributed by atoms with van der Waals surface area (Å²) in [5.74, 6) is 0.887. The molecule has 174 valence electrons. The minimum Gasteiger partial charge on any atom is -0.478 e. The van der Waals surface area contributed by atoms with Crippen molar-refractivity contribution < 1.29 is 23.8 Å². The summed E-state index contributed by atoms with van der Waals surface area (Å²) in [6.45, 7) is 2.36. The van der Waals surface area contributed by atoms with Crippen molar-refractivity contribution in [2.24, 2.45) is 17.3 Å². The molecule has 0 saturated heterocycles. The van der Waals surface area contributed by atoms with Crippen LogP contribution in [0.1, 0.15) is 55.2 Å². The average molecular weight is 452 g/mol. The van der Waals surface area contributed by atoms with Crippen LogP contribution in [0.5, 0.6) is 5.75 Å². The van der Waals surface area contributed by atoms with E-state index in [9.17, 15) is 14.3 Å². The zero-order valence-corrected chi connectivity index (χ0v) is 19.1. The van der Waals surface area contributed by atoms with Crippen LogP contribution >= 0.6 is 0 Å². The Balaban J connectivity index is 1.37. The van der Waals surface area contributed by atoms with E-state index in [0.717, 1.165) is 37.7 Å². The number of aliphatic carboxylic acids is 1. The topological polar surface area (TPSA) is 68.7 Å². The lowest BCUT2D eigenvalue weighted by molar-refractivity contribution is -0.147. The Kier molecular flexibility index (Phi) is 5.73. The Morgan fingerprint density at radius 3 is 2.91 bits per heavy atom. The van der Waals surface area contributed by atoms with Crippen LogP contribution < -0.4 is 4.74 Å². The van der Waals surface area contributed by atoms with Gasteiger partial charge in [-0.3, -0.25) is 4.98 Å². The first-order chi connectivity index (χ1) is 15.9. The van der Waals surface area contributed by atoms with Crippen molar-refractivity contribution in [1.29, 1.82) is 0 Å². The van der Waals surface area contributed by atoms with E-state index in [1.54, 1.807) is 12.3 Å². The number of aryl methyl sites for hydroxylation is 1. The Bertz CT molecular complexity index is 1100. The number of nitrogens with zero attached hydrogens (tertiary/aromatic N) is 1. The zero-order valence-electron chi connectivity index (χ0n) is 19.1. The number of halogens is 1. The molecule has 0 amide bonds. The number of carbonyl (C=O) groups is 1. The van der Waals surface area contributed by atoms with Crippen molar-refractivity contribution in [3.8, 4) is 5.75 Å². The molecule has 0 spiro atoms. The molecule has 3 aliphatic rings. The number of pyridine rings is 1. The van der Waals surface area contributed by atoms with Crippen molar-refractivity contribution in [1.82, 2.24) is 4.98 Å². The SMILES string of the molecule is COCC(Oc1ccc2c(c1)CCC1C2CC[C@]2(C)C(c3cncc(F)c3)=CCC12)C(=O)O. The average Bonchev–Trinajstić information content (AvgIpc) is 3.15. The van der Waals surface area contributed by atoms with Gasteiger partial charge in [0, 0.05) is 13.3 Å². The lowest BCUT2D eigenvalue weighted by Gasteiger charge is -2.50. The molecule has 5 atom stereocenters. The number of methoxy groups -OCH3 is 1. The monoisotopic (exact) mass is 451 g/mol. The van der Waals surface area contributed by atoms with Gasteiger partial charge in [-0.05, 0) is 95.7 Å². The van der Waals surface area contributed by atoms with Gasteiger partial charge in [0.25, 0.3) is 0 Å². The van der Waals surface area contributed by atoms with E-state index in [1.165, 1.54) is 30.0 Å². The van der Waals surface area contributed by atoms with Gasteiger partial charge in [-0.1, -0.05) is 19.1 Å². The predicted octanol–water partition coefficient (Wildman–Crippen LogP) is 5.25. The van der Waals surface area contributed by atoms with E-state index >= 15 is 0 Å². The van der Waals surface area contributed by atoms with E-state index in [0.29, 0.717) is 23.5 Å². The van der Waals surface area contributed by atoms with E-state index < -0.39 is 12.1 Å². The van der Waals surface area contributed by atoms with Crippen molar-refractivity contribution in [2.75, 3.05) is 13.7 Å². The number of benzene rings is 1. The highest BCUT2D eigenvalue weighted by Crippen LogP contribution is 2.63. The summed E-state index contributed by atoms with van der Waals surface area (Å²) < 4.78 is 24.6. The summed E-state index contributed by atoms with van der Waals surface area (Å²) in [7, 11) is 1.47. The molecule has 1 heterocycles. The van der Waals surface area contributed by atoms with Crippen LogP contribution in [0.4, 0.5) is 4.39 Å². The fraction of sp³-hybridized carbons (Fsp3) is 0.481. The minimum atomic E-state index is -1.03. The zero-order chi connectivity index (χ0) is 23.2. The van der Waals surface area contributed by atoms with Crippen LogP contribution in [0.2, 0.25) is 0 Å². The smallest absolute Gasteiger partial charge is 0.347 e. The molecule has 0 aliphatic heterocycles. The number of hydrogen-bond donors (Lipinski definition) is 1. The van der Waals surface area contributed by atoms with Gasteiger partial charge in [-0.2, -0.15) is 0 Å². The van der Waals surface area contributed by atoms with E-state index in [-0.39, 0.29) is 17.8 Å². The maximum atomic E-state index is 13.9. The Morgan fingerprint density at radius 1 is 1.30 bits per heavy atom. The molecule has 1 fully saturated rings. The number of rotatable bonds is 6. The fourth-order valence-electron chi connectivity index (χ4n) is 6.68. The lowest BCUT2D eigenvalue weighted by Crippen LogP contribution is -2.41. The molecule has 1 aromatic carbocycles. The van der Waals surface area contributed by atoms with Gasteiger partial charge >= 0.3 is 5.97 Å². The van der Waals surface area contributed by atoms with Gasteiger partial charge in [-0.15, -0.1) is 0 Å². The van der Waals surface area contributed by atoms with Gasteiger partial charge in [0.1, 0.15) is 11.6 Å². The summed E-state index contributed by atoms with van der Waals surface area (Å²) >= 11 is 0. The Hall–Kier alpha value is -2.73. The summed E-state index contributed by atoms with van der Waals surface area (Å²) in [6, 6.07) is 7.67. The first-order valence-electron chi connectivity index (χ1n) is 11.7. The minimum absolute atomic E-state index is 0.00749. The van der Waals surface area contributed by atoms with Gasteiger partial charge in [0.05, 0.1) is 12.8 Å². The number of carboxylic acids is 1. The highest BCUT2D eigenvalue weighted by Gasteiger charge is 2.52. The van der Waals surface area contributed by atoms with Crippen molar-refractivity contribution in [3.63, 3.8) is 0 Å².